The summed E-state index contributed by atoms with van der Waals surface area (Å²) in [6, 6.07) is 0. The Kier molecular flexibility index (Phi) is 4.48. The Morgan fingerprint density at radius 3 is 3.04 bits per heavy atom. The van der Waals surface area contributed by atoms with E-state index in [1.165, 1.54) is 5.56 Å². The predicted molar refractivity (Wildman–Crippen MR) is 95.6 cm³/mol. The average Bonchev–Trinajstić information content (AvgIpc) is 3.24. The third-order valence-corrected chi connectivity index (χ3v) is 5.40. The van der Waals surface area contributed by atoms with Crippen molar-refractivity contribution in [2.75, 3.05) is 42.2 Å². The number of rotatable bonds is 4. The van der Waals surface area contributed by atoms with Crippen molar-refractivity contribution in [1.29, 1.82) is 0 Å². The Hall–Kier alpha value is -1.93. The van der Waals surface area contributed by atoms with Crippen LogP contribution in [0, 0.1) is 0 Å². The molecule has 2 aromatic rings. The predicted octanol–water partition coefficient (Wildman–Crippen LogP) is 1.71. The first-order valence-electron chi connectivity index (χ1n) is 8.45. The summed E-state index contributed by atoms with van der Waals surface area (Å²) in [5.41, 5.74) is 8.16. The lowest BCUT2D eigenvalue weighted by atomic mass is 10.1. The van der Waals surface area contributed by atoms with Gasteiger partial charge in [0.1, 0.15) is 5.82 Å². The second-order valence-corrected chi connectivity index (χ2v) is 7.05. The maximum Gasteiger partial charge on any atom is 0.222 e. The van der Waals surface area contributed by atoms with Gasteiger partial charge in [-0.3, -0.25) is 0 Å². The number of hydrogen-bond acceptors (Lipinski definition) is 8. The van der Waals surface area contributed by atoms with Crippen LogP contribution in [0.5, 0.6) is 0 Å². The molecule has 0 aromatic carbocycles. The first-order valence-corrected chi connectivity index (χ1v) is 9.33. The van der Waals surface area contributed by atoms with Crippen molar-refractivity contribution >= 4 is 28.2 Å². The van der Waals surface area contributed by atoms with E-state index < -0.39 is 0 Å². The standard InChI is InChI=1S/C16H22N6OS/c17-15-20-13-4-7-22(16-18-5-9-24-16)6-3-12(13)14(21-15)19-10-11-2-1-8-23-11/h5,9,11H,1-4,6-8,10H2,(H3,17,19,20,21)/t11-/m0/s1. The fourth-order valence-corrected chi connectivity index (χ4v) is 4.04. The highest BCUT2D eigenvalue weighted by Crippen LogP contribution is 2.26. The lowest BCUT2D eigenvalue weighted by molar-refractivity contribution is 0.120. The third-order valence-electron chi connectivity index (χ3n) is 4.57. The molecule has 0 spiro atoms. The molecule has 128 valence electrons. The number of nitrogens with two attached hydrogens (primary N) is 1. The number of thiazole rings is 1. The third kappa shape index (κ3) is 3.29. The van der Waals surface area contributed by atoms with Crippen LogP contribution in [0.25, 0.3) is 0 Å². The largest absolute Gasteiger partial charge is 0.376 e. The molecule has 2 aliphatic rings. The molecule has 2 aromatic heterocycles. The van der Waals surface area contributed by atoms with Crippen molar-refractivity contribution in [2.24, 2.45) is 0 Å². The summed E-state index contributed by atoms with van der Waals surface area (Å²) < 4.78 is 5.69. The van der Waals surface area contributed by atoms with E-state index in [1.807, 2.05) is 11.6 Å². The molecule has 0 amide bonds. The minimum Gasteiger partial charge on any atom is -0.376 e. The molecule has 0 aliphatic carbocycles. The number of hydrogen-bond donors (Lipinski definition) is 2. The summed E-state index contributed by atoms with van der Waals surface area (Å²) in [5.74, 6) is 1.21. The molecule has 0 saturated carbocycles. The maximum absolute atomic E-state index is 5.93. The van der Waals surface area contributed by atoms with E-state index in [1.54, 1.807) is 11.3 Å². The molecule has 0 radical (unpaired) electrons. The molecular weight excluding hydrogens is 324 g/mol. The van der Waals surface area contributed by atoms with Gasteiger partial charge < -0.3 is 20.7 Å². The van der Waals surface area contributed by atoms with Crippen LogP contribution >= 0.6 is 11.3 Å². The van der Waals surface area contributed by atoms with E-state index in [0.717, 1.165) is 68.6 Å². The Morgan fingerprint density at radius 1 is 1.33 bits per heavy atom. The Bertz CT molecular complexity index is 686. The van der Waals surface area contributed by atoms with Gasteiger partial charge in [-0.15, -0.1) is 11.3 Å². The van der Waals surface area contributed by atoms with Crippen LogP contribution in [0.3, 0.4) is 0 Å². The van der Waals surface area contributed by atoms with Gasteiger partial charge in [0.05, 0.1) is 11.8 Å². The maximum atomic E-state index is 5.93. The normalized spacial score (nSPS) is 20.7. The fraction of sp³-hybridized carbons (Fsp3) is 0.562. The smallest absolute Gasteiger partial charge is 0.222 e. The number of aromatic nitrogens is 3. The topological polar surface area (TPSA) is 89.2 Å². The van der Waals surface area contributed by atoms with Crippen LogP contribution in [-0.2, 0) is 17.6 Å². The van der Waals surface area contributed by atoms with Crippen molar-refractivity contribution in [2.45, 2.75) is 31.8 Å². The monoisotopic (exact) mass is 346 g/mol. The van der Waals surface area contributed by atoms with Crippen molar-refractivity contribution in [3.63, 3.8) is 0 Å². The van der Waals surface area contributed by atoms with E-state index in [4.69, 9.17) is 10.5 Å². The molecule has 8 heteroatoms. The van der Waals surface area contributed by atoms with E-state index in [-0.39, 0.29) is 6.10 Å². The highest BCUT2D eigenvalue weighted by atomic mass is 32.1. The van der Waals surface area contributed by atoms with Crippen LogP contribution in [0.15, 0.2) is 11.6 Å². The summed E-state index contributed by atoms with van der Waals surface area (Å²) in [7, 11) is 0. The van der Waals surface area contributed by atoms with Gasteiger partial charge in [-0.25, -0.2) is 9.97 Å². The fourth-order valence-electron chi connectivity index (χ4n) is 3.34. The number of fused-ring (bicyclic) bond motifs is 1. The highest BCUT2D eigenvalue weighted by molar-refractivity contribution is 7.13. The summed E-state index contributed by atoms with van der Waals surface area (Å²) in [6.07, 6.45) is 6.12. The van der Waals surface area contributed by atoms with Crippen molar-refractivity contribution in [3.05, 3.63) is 22.8 Å². The molecule has 7 nitrogen and oxygen atoms in total. The van der Waals surface area contributed by atoms with Gasteiger partial charge >= 0.3 is 0 Å². The zero-order valence-corrected chi connectivity index (χ0v) is 14.4. The molecule has 2 aliphatic heterocycles. The van der Waals surface area contributed by atoms with Gasteiger partial charge in [0.25, 0.3) is 0 Å². The van der Waals surface area contributed by atoms with Gasteiger partial charge in [0, 0.05) is 49.8 Å². The molecule has 0 bridgehead atoms. The van der Waals surface area contributed by atoms with Crippen molar-refractivity contribution < 1.29 is 4.74 Å². The minimum absolute atomic E-state index is 0.273. The van der Waals surface area contributed by atoms with E-state index >= 15 is 0 Å². The van der Waals surface area contributed by atoms with Crippen LogP contribution < -0.4 is 16.0 Å². The number of nitrogen functional groups attached to an aromatic ring is 1. The Balaban J connectivity index is 1.52. The summed E-state index contributed by atoms with van der Waals surface area (Å²) in [4.78, 5) is 15.7. The van der Waals surface area contributed by atoms with Gasteiger partial charge in [0.15, 0.2) is 5.13 Å². The molecule has 1 fully saturated rings. The summed E-state index contributed by atoms with van der Waals surface area (Å²) in [6.45, 7) is 3.46. The SMILES string of the molecule is Nc1nc2c(c(NC[C@@H]3CCCO3)n1)CCN(c1nccs1)CC2. The van der Waals surface area contributed by atoms with Gasteiger partial charge in [-0.05, 0) is 19.3 Å². The van der Waals surface area contributed by atoms with Crippen molar-refractivity contribution in [1.82, 2.24) is 15.0 Å². The summed E-state index contributed by atoms with van der Waals surface area (Å²) >= 11 is 1.67. The van der Waals surface area contributed by atoms with Crippen LogP contribution in [0.2, 0.25) is 0 Å². The molecular formula is C16H22N6OS. The average molecular weight is 346 g/mol. The quantitative estimate of drug-likeness (QED) is 0.871. The Labute approximate surface area is 145 Å². The molecule has 1 saturated heterocycles. The number of nitrogens with zero attached hydrogens (tertiary/aromatic N) is 4. The molecule has 4 heterocycles. The first-order chi connectivity index (χ1) is 11.8. The molecule has 3 N–H and O–H groups in total. The molecule has 4 rings (SSSR count). The van der Waals surface area contributed by atoms with E-state index in [2.05, 4.69) is 25.2 Å². The van der Waals surface area contributed by atoms with Crippen LogP contribution in [0.1, 0.15) is 24.1 Å². The highest BCUT2D eigenvalue weighted by Gasteiger charge is 2.22. The zero-order valence-electron chi connectivity index (χ0n) is 13.6. The first kappa shape index (κ1) is 15.6. The number of ether oxygens (including phenoxy) is 1. The number of anilines is 3. The van der Waals surface area contributed by atoms with Gasteiger partial charge in [-0.2, -0.15) is 4.98 Å². The molecule has 1 atom stereocenters. The van der Waals surface area contributed by atoms with E-state index in [0.29, 0.717) is 5.95 Å². The van der Waals surface area contributed by atoms with Crippen LogP contribution in [0.4, 0.5) is 16.9 Å². The van der Waals surface area contributed by atoms with E-state index in [9.17, 15) is 0 Å². The minimum atomic E-state index is 0.273. The second kappa shape index (κ2) is 6.90. The van der Waals surface area contributed by atoms with Crippen LogP contribution in [-0.4, -0.2) is 47.3 Å². The van der Waals surface area contributed by atoms with Gasteiger partial charge in [0.2, 0.25) is 5.95 Å². The molecule has 24 heavy (non-hydrogen) atoms. The second-order valence-electron chi connectivity index (χ2n) is 6.17. The van der Waals surface area contributed by atoms with Crippen molar-refractivity contribution in [3.8, 4) is 0 Å². The van der Waals surface area contributed by atoms with Gasteiger partial charge in [-0.1, -0.05) is 0 Å². The Morgan fingerprint density at radius 2 is 2.25 bits per heavy atom. The lowest BCUT2D eigenvalue weighted by Crippen LogP contribution is -2.25. The summed E-state index contributed by atoms with van der Waals surface area (Å²) in [5, 5.41) is 6.53. The zero-order chi connectivity index (χ0) is 16.4. The molecule has 0 unspecified atom stereocenters. The number of nitrogens with one attached hydrogen (secondary N) is 1. The lowest BCUT2D eigenvalue weighted by Gasteiger charge is -2.18.